The highest BCUT2D eigenvalue weighted by molar-refractivity contribution is 7.12. The van der Waals surface area contributed by atoms with Crippen LogP contribution < -0.4 is 9.47 Å². The molecule has 1 aliphatic rings. The Labute approximate surface area is 149 Å². The predicted molar refractivity (Wildman–Crippen MR) is 95.3 cm³/mol. The Kier molecular flexibility index (Phi) is 5.06. The van der Waals surface area contributed by atoms with Crippen molar-refractivity contribution in [2.45, 2.75) is 12.5 Å². The second-order valence-electron chi connectivity index (χ2n) is 5.23. The molecule has 0 unspecified atom stereocenters. The van der Waals surface area contributed by atoms with E-state index in [0.717, 1.165) is 16.2 Å². The first-order valence-corrected chi connectivity index (χ1v) is 8.80. The number of thiophene rings is 1. The van der Waals surface area contributed by atoms with Gasteiger partial charge in [-0.25, -0.2) is 5.01 Å². The number of amides is 1. The Bertz CT molecular complexity index is 761. The zero-order valence-electron chi connectivity index (χ0n) is 13.4. The molecule has 0 saturated carbocycles. The minimum atomic E-state index is -0.219. The van der Waals surface area contributed by atoms with Gasteiger partial charge in [0.05, 0.1) is 30.9 Å². The number of hydrogen-bond donors (Lipinski definition) is 0. The van der Waals surface area contributed by atoms with Gasteiger partial charge in [-0.05, 0) is 29.1 Å². The molecule has 3 rings (SSSR count). The average Bonchev–Trinajstić information content (AvgIpc) is 3.29. The molecular weight excluding hydrogens is 348 g/mol. The first kappa shape index (κ1) is 16.8. The van der Waals surface area contributed by atoms with Crippen LogP contribution in [0, 0.1) is 0 Å². The van der Waals surface area contributed by atoms with E-state index in [2.05, 4.69) is 5.10 Å². The molecule has 1 aromatic heterocycles. The molecule has 2 aromatic rings. The van der Waals surface area contributed by atoms with Gasteiger partial charge in [-0.15, -0.1) is 22.9 Å². The molecule has 0 fully saturated rings. The third-order valence-corrected chi connectivity index (χ3v) is 5.03. The van der Waals surface area contributed by atoms with E-state index < -0.39 is 0 Å². The fourth-order valence-corrected chi connectivity index (χ4v) is 3.56. The maximum absolute atomic E-state index is 12.2. The molecule has 24 heavy (non-hydrogen) atoms. The molecule has 1 aromatic carbocycles. The van der Waals surface area contributed by atoms with E-state index in [4.69, 9.17) is 21.1 Å². The molecule has 0 spiro atoms. The van der Waals surface area contributed by atoms with Crippen molar-refractivity contribution in [3.05, 3.63) is 46.2 Å². The smallest absolute Gasteiger partial charge is 0.258 e. The van der Waals surface area contributed by atoms with Crippen LogP contribution in [0.2, 0.25) is 0 Å². The van der Waals surface area contributed by atoms with Crippen LogP contribution in [0.15, 0.2) is 40.8 Å². The van der Waals surface area contributed by atoms with Crippen LogP contribution in [0.25, 0.3) is 0 Å². The maximum atomic E-state index is 12.2. The van der Waals surface area contributed by atoms with Crippen molar-refractivity contribution in [3.8, 4) is 11.5 Å². The van der Waals surface area contributed by atoms with Crippen molar-refractivity contribution in [1.82, 2.24) is 5.01 Å². The molecule has 1 atom stereocenters. The summed E-state index contributed by atoms with van der Waals surface area (Å²) in [5.74, 6) is 0.945. The third-order valence-electron chi connectivity index (χ3n) is 3.88. The van der Waals surface area contributed by atoms with E-state index in [0.29, 0.717) is 17.9 Å². The summed E-state index contributed by atoms with van der Waals surface area (Å²) in [6.45, 7) is 0. The molecule has 7 heteroatoms. The van der Waals surface area contributed by atoms with Crippen LogP contribution in [-0.2, 0) is 4.79 Å². The van der Waals surface area contributed by atoms with E-state index in [1.807, 2.05) is 35.7 Å². The molecule has 5 nitrogen and oxygen atoms in total. The van der Waals surface area contributed by atoms with Gasteiger partial charge in [0.2, 0.25) is 0 Å². The molecule has 0 radical (unpaired) electrons. The van der Waals surface area contributed by atoms with Crippen LogP contribution in [0.5, 0.6) is 11.5 Å². The molecular formula is C17H17ClN2O3S. The molecule has 1 aliphatic heterocycles. The molecule has 0 aliphatic carbocycles. The van der Waals surface area contributed by atoms with Gasteiger partial charge in [0, 0.05) is 6.42 Å². The van der Waals surface area contributed by atoms with Gasteiger partial charge in [-0.1, -0.05) is 12.1 Å². The highest BCUT2D eigenvalue weighted by Gasteiger charge is 2.33. The lowest BCUT2D eigenvalue weighted by Crippen LogP contribution is -2.28. The molecule has 126 valence electrons. The summed E-state index contributed by atoms with van der Waals surface area (Å²) in [4.78, 5) is 13.3. The summed E-state index contributed by atoms with van der Waals surface area (Å²) in [6.07, 6.45) is 0.638. The Hall–Kier alpha value is -2.05. The van der Waals surface area contributed by atoms with E-state index in [9.17, 15) is 4.79 Å². The second-order valence-corrected chi connectivity index (χ2v) is 6.45. The molecule has 0 saturated heterocycles. The number of hydrazone groups is 1. The van der Waals surface area contributed by atoms with Gasteiger partial charge in [0.25, 0.3) is 5.91 Å². The van der Waals surface area contributed by atoms with Crippen molar-refractivity contribution in [1.29, 1.82) is 0 Å². The summed E-state index contributed by atoms with van der Waals surface area (Å²) in [5, 5.41) is 7.98. The largest absolute Gasteiger partial charge is 0.493 e. The van der Waals surface area contributed by atoms with Crippen molar-refractivity contribution in [2.24, 2.45) is 5.10 Å². The van der Waals surface area contributed by atoms with Crippen molar-refractivity contribution >= 4 is 34.6 Å². The lowest BCUT2D eigenvalue weighted by molar-refractivity contribution is -0.130. The van der Waals surface area contributed by atoms with Crippen molar-refractivity contribution < 1.29 is 14.3 Å². The highest BCUT2D eigenvalue weighted by Crippen LogP contribution is 2.37. The topological polar surface area (TPSA) is 51.1 Å². The lowest BCUT2D eigenvalue weighted by Gasteiger charge is -2.22. The van der Waals surface area contributed by atoms with Crippen molar-refractivity contribution in [2.75, 3.05) is 20.1 Å². The highest BCUT2D eigenvalue weighted by atomic mass is 35.5. The predicted octanol–water partition coefficient (Wildman–Crippen LogP) is 3.68. The number of hydrogen-bond acceptors (Lipinski definition) is 5. The zero-order valence-corrected chi connectivity index (χ0v) is 14.9. The number of carbonyl (C=O) groups is 1. The number of ether oxygens (including phenoxy) is 2. The van der Waals surface area contributed by atoms with Crippen LogP contribution >= 0.6 is 22.9 Å². The number of carbonyl (C=O) groups excluding carboxylic acids is 1. The summed E-state index contributed by atoms with van der Waals surface area (Å²) in [5.41, 5.74) is 1.82. The lowest BCUT2D eigenvalue weighted by atomic mass is 10.0. The number of benzene rings is 1. The van der Waals surface area contributed by atoms with Crippen molar-refractivity contribution in [3.63, 3.8) is 0 Å². The van der Waals surface area contributed by atoms with Gasteiger partial charge >= 0.3 is 0 Å². The Balaban J connectivity index is 1.96. The molecule has 0 N–H and O–H groups in total. The van der Waals surface area contributed by atoms with Gasteiger partial charge < -0.3 is 9.47 Å². The monoisotopic (exact) mass is 364 g/mol. The van der Waals surface area contributed by atoms with Gasteiger partial charge in [-0.3, -0.25) is 4.79 Å². The summed E-state index contributed by atoms with van der Waals surface area (Å²) < 4.78 is 10.6. The number of halogens is 1. The molecule has 1 amide bonds. The quantitative estimate of drug-likeness (QED) is 0.760. The van der Waals surface area contributed by atoms with E-state index in [1.54, 1.807) is 25.6 Å². The van der Waals surface area contributed by atoms with Crippen LogP contribution in [-0.4, -0.2) is 36.7 Å². The van der Waals surface area contributed by atoms with Gasteiger partial charge in [0.15, 0.2) is 11.5 Å². The summed E-state index contributed by atoms with van der Waals surface area (Å²) in [6, 6.07) is 9.41. The maximum Gasteiger partial charge on any atom is 0.258 e. The minimum absolute atomic E-state index is 0.106. The summed E-state index contributed by atoms with van der Waals surface area (Å²) in [7, 11) is 3.18. The number of rotatable bonds is 5. The Morgan fingerprint density at radius 2 is 2.12 bits per heavy atom. The van der Waals surface area contributed by atoms with Crippen LogP contribution in [0.4, 0.5) is 0 Å². The first-order chi connectivity index (χ1) is 11.7. The average molecular weight is 365 g/mol. The number of alkyl halides is 1. The summed E-state index contributed by atoms with van der Waals surface area (Å²) >= 11 is 7.37. The normalized spacial score (nSPS) is 16.9. The fraction of sp³-hybridized carbons (Fsp3) is 0.294. The molecule has 0 bridgehead atoms. The standard InChI is InChI=1S/C17H17ClN2O3S/c1-22-14-6-5-11(8-15(14)23-2)13-9-12(16-4-3-7-24-16)19-20(13)17(21)10-18/h3-8,13H,9-10H2,1-2H3/t13-/m0/s1. The number of methoxy groups -OCH3 is 2. The van der Waals surface area contributed by atoms with E-state index in [-0.39, 0.29) is 17.8 Å². The fourth-order valence-electron chi connectivity index (χ4n) is 2.71. The minimum Gasteiger partial charge on any atom is -0.493 e. The Morgan fingerprint density at radius 1 is 1.33 bits per heavy atom. The van der Waals surface area contributed by atoms with Gasteiger partial charge in [0.1, 0.15) is 5.88 Å². The van der Waals surface area contributed by atoms with E-state index in [1.165, 1.54) is 5.01 Å². The SMILES string of the molecule is COc1ccc([C@@H]2CC(c3cccs3)=NN2C(=O)CCl)cc1OC. The third kappa shape index (κ3) is 3.12. The van der Waals surface area contributed by atoms with Crippen LogP contribution in [0.1, 0.15) is 22.9 Å². The first-order valence-electron chi connectivity index (χ1n) is 7.39. The van der Waals surface area contributed by atoms with E-state index >= 15 is 0 Å². The zero-order chi connectivity index (χ0) is 17.1. The van der Waals surface area contributed by atoms with Gasteiger partial charge in [-0.2, -0.15) is 5.10 Å². The molecule has 2 heterocycles. The second kappa shape index (κ2) is 7.23. The van der Waals surface area contributed by atoms with Crippen LogP contribution in [0.3, 0.4) is 0 Å². The number of nitrogens with zero attached hydrogens (tertiary/aromatic N) is 2. The Morgan fingerprint density at radius 3 is 2.75 bits per heavy atom.